The Balaban J connectivity index is 2.25. The summed E-state index contributed by atoms with van der Waals surface area (Å²) in [5.41, 5.74) is 3.20. The molecule has 0 N–H and O–H groups in total. The molecular weight excluding hydrogens is 332 g/mol. The van der Waals surface area contributed by atoms with Gasteiger partial charge in [0.15, 0.2) is 25.3 Å². The third-order valence-electron chi connectivity index (χ3n) is 4.80. The summed E-state index contributed by atoms with van der Waals surface area (Å²) in [6.45, 7) is 8.16. The molecule has 0 atom stereocenters. The second kappa shape index (κ2) is 6.31. The zero-order chi connectivity index (χ0) is 19.2. The van der Waals surface area contributed by atoms with Crippen molar-refractivity contribution < 1.29 is 18.0 Å². The van der Waals surface area contributed by atoms with Crippen LogP contribution >= 0.6 is 0 Å². The van der Waals surface area contributed by atoms with Gasteiger partial charge in [0.1, 0.15) is 18.6 Å². The lowest BCUT2D eigenvalue weighted by Crippen LogP contribution is -2.38. The number of halogens is 2. The summed E-state index contributed by atoms with van der Waals surface area (Å²) in [6, 6.07) is 6.70. The number of rotatable bonds is 2. The molecule has 2 aromatic heterocycles. The van der Waals surface area contributed by atoms with E-state index in [0.29, 0.717) is 22.5 Å². The van der Waals surface area contributed by atoms with E-state index in [4.69, 9.17) is 0 Å². The largest absolute Gasteiger partial charge is 0.215 e. The van der Waals surface area contributed by atoms with Crippen molar-refractivity contribution in [1.29, 1.82) is 0 Å². The molecule has 3 nitrogen and oxygen atoms in total. The number of pyridine rings is 1. The van der Waals surface area contributed by atoms with Crippen LogP contribution in [-0.2, 0) is 19.5 Å². The predicted molar refractivity (Wildman–Crippen MR) is 96.9 cm³/mol. The smallest absolute Gasteiger partial charge is 0.206 e. The van der Waals surface area contributed by atoms with Crippen LogP contribution in [0.25, 0.3) is 16.9 Å². The van der Waals surface area contributed by atoms with Crippen molar-refractivity contribution in [1.82, 2.24) is 4.68 Å². The van der Waals surface area contributed by atoms with Gasteiger partial charge in [0.25, 0.3) is 0 Å². The van der Waals surface area contributed by atoms with Gasteiger partial charge < -0.3 is 0 Å². The zero-order valence-electron chi connectivity index (χ0n) is 16.1. The van der Waals surface area contributed by atoms with Crippen molar-refractivity contribution >= 4 is 0 Å². The SMILES string of the molecule is Cc1c(-c2ccc(C(C)(C)C)c[n+]2C)c(F)cc(F)c1-n1ccc[n+]1C. The predicted octanol–water partition coefficient (Wildman–Crippen LogP) is 3.68. The van der Waals surface area contributed by atoms with Crippen LogP contribution in [0.4, 0.5) is 8.78 Å². The first kappa shape index (κ1) is 18.2. The van der Waals surface area contributed by atoms with Gasteiger partial charge in [0.2, 0.25) is 5.69 Å². The molecule has 0 fully saturated rings. The van der Waals surface area contributed by atoms with Crippen molar-refractivity contribution in [3.8, 4) is 16.9 Å². The Labute approximate surface area is 153 Å². The van der Waals surface area contributed by atoms with Gasteiger partial charge in [-0.15, -0.1) is 9.36 Å². The fraction of sp³-hybridized carbons (Fsp3) is 0.333. The Morgan fingerprint density at radius 1 is 1.04 bits per heavy atom. The summed E-state index contributed by atoms with van der Waals surface area (Å²) in [4.78, 5) is 0. The molecule has 2 heterocycles. The van der Waals surface area contributed by atoms with Gasteiger partial charge in [-0.3, -0.25) is 0 Å². The maximum atomic E-state index is 14.8. The van der Waals surface area contributed by atoms with Crippen LogP contribution in [0.5, 0.6) is 0 Å². The van der Waals surface area contributed by atoms with Gasteiger partial charge in [-0.25, -0.2) is 13.3 Å². The van der Waals surface area contributed by atoms with Gasteiger partial charge in [0, 0.05) is 23.8 Å². The second-order valence-electron chi connectivity index (χ2n) is 7.76. The summed E-state index contributed by atoms with van der Waals surface area (Å²) in [5.74, 6) is -1.14. The van der Waals surface area contributed by atoms with E-state index in [2.05, 4.69) is 20.8 Å². The van der Waals surface area contributed by atoms with Crippen LogP contribution in [0.2, 0.25) is 0 Å². The normalized spacial score (nSPS) is 11.8. The van der Waals surface area contributed by atoms with Crippen LogP contribution in [0.1, 0.15) is 31.9 Å². The molecule has 0 saturated carbocycles. The van der Waals surface area contributed by atoms with E-state index in [9.17, 15) is 8.78 Å². The Morgan fingerprint density at radius 3 is 2.27 bits per heavy atom. The third-order valence-corrected chi connectivity index (χ3v) is 4.80. The standard InChI is InChI=1S/C21H25F2N3/c1-14-19(18-9-8-15(13-24(18)5)21(2,3)4)16(22)12-17(23)20(14)26-11-7-10-25(26)6/h7-13H,1-6H3/q+2. The van der Waals surface area contributed by atoms with E-state index < -0.39 is 11.6 Å². The number of hydrogen-bond donors (Lipinski definition) is 0. The maximum Gasteiger partial charge on any atom is 0.215 e. The number of aryl methyl sites for hydroxylation is 2. The van der Waals surface area contributed by atoms with Crippen LogP contribution in [0.3, 0.4) is 0 Å². The fourth-order valence-electron chi connectivity index (χ4n) is 3.29. The lowest BCUT2D eigenvalue weighted by molar-refractivity contribution is -0.744. The molecule has 0 aliphatic rings. The zero-order valence-corrected chi connectivity index (χ0v) is 16.1. The molecule has 5 heteroatoms. The molecule has 0 amide bonds. The Morgan fingerprint density at radius 2 is 1.73 bits per heavy atom. The van der Waals surface area contributed by atoms with Crippen molar-refractivity contribution in [3.63, 3.8) is 0 Å². The quantitative estimate of drug-likeness (QED) is 0.621. The first-order valence-electron chi connectivity index (χ1n) is 8.64. The summed E-state index contributed by atoms with van der Waals surface area (Å²) < 4.78 is 34.7. The van der Waals surface area contributed by atoms with Gasteiger partial charge in [-0.1, -0.05) is 20.8 Å². The summed E-state index contributed by atoms with van der Waals surface area (Å²) in [7, 11) is 3.71. The van der Waals surface area contributed by atoms with Gasteiger partial charge in [0.05, 0.1) is 11.8 Å². The van der Waals surface area contributed by atoms with Crippen molar-refractivity contribution in [3.05, 3.63) is 65.6 Å². The molecule has 26 heavy (non-hydrogen) atoms. The highest BCUT2D eigenvalue weighted by molar-refractivity contribution is 5.67. The first-order valence-corrected chi connectivity index (χ1v) is 8.64. The van der Waals surface area contributed by atoms with Gasteiger partial charge in [-0.05, 0) is 24.0 Å². The Bertz CT molecular complexity index is 982. The molecule has 0 bridgehead atoms. The van der Waals surface area contributed by atoms with E-state index in [0.717, 1.165) is 11.6 Å². The number of hydrogen-bond acceptors (Lipinski definition) is 0. The van der Waals surface area contributed by atoms with Crippen LogP contribution in [0, 0.1) is 18.6 Å². The highest BCUT2D eigenvalue weighted by atomic mass is 19.1. The molecule has 3 rings (SSSR count). The lowest BCUT2D eigenvalue weighted by atomic mass is 9.88. The van der Waals surface area contributed by atoms with Crippen LogP contribution in [0.15, 0.2) is 42.9 Å². The van der Waals surface area contributed by atoms with E-state index in [1.54, 1.807) is 22.5 Å². The van der Waals surface area contributed by atoms with Gasteiger partial charge >= 0.3 is 0 Å². The molecule has 0 saturated heterocycles. The van der Waals surface area contributed by atoms with Crippen molar-refractivity contribution in [2.75, 3.05) is 0 Å². The highest BCUT2D eigenvalue weighted by Crippen LogP contribution is 2.31. The first-order chi connectivity index (χ1) is 12.1. The minimum atomic E-state index is -0.579. The average molecular weight is 357 g/mol. The molecule has 3 aromatic rings. The molecule has 0 unspecified atom stereocenters. The highest BCUT2D eigenvalue weighted by Gasteiger charge is 2.27. The van der Waals surface area contributed by atoms with E-state index in [1.807, 2.05) is 49.3 Å². The monoisotopic (exact) mass is 357 g/mol. The molecule has 136 valence electrons. The number of aromatic nitrogens is 3. The van der Waals surface area contributed by atoms with Crippen LogP contribution in [-0.4, -0.2) is 4.68 Å². The summed E-state index contributed by atoms with van der Waals surface area (Å²) in [5, 5.41) is 0. The second-order valence-corrected chi connectivity index (χ2v) is 7.76. The van der Waals surface area contributed by atoms with Crippen molar-refractivity contribution in [2.24, 2.45) is 14.1 Å². The van der Waals surface area contributed by atoms with E-state index >= 15 is 0 Å². The Hall–Kier alpha value is -2.56. The third kappa shape index (κ3) is 3.02. The topological polar surface area (TPSA) is 12.7 Å². The van der Waals surface area contributed by atoms with E-state index in [-0.39, 0.29) is 5.41 Å². The minimum absolute atomic E-state index is 0.00325. The lowest BCUT2D eigenvalue weighted by Gasteiger charge is -2.18. The maximum absolute atomic E-state index is 14.8. The van der Waals surface area contributed by atoms with Crippen LogP contribution < -0.4 is 9.25 Å². The summed E-state index contributed by atoms with van der Waals surface area (Å²) in [6.07, 6.45) is 5.59. The molecule has 0 aliphatic carbocycles. The average Bonchev–Trinajstić information content (AvgIpc) is 2.93. The minimum Gasteiger partial charge on any atom is -0.206 e. The fourth-order valence-corrected chi connectivity index (χ4v) is 3.29. The van der Waals surface area contributed by atoms with Gasteiger partial charge in [-0.2, -0.15) is 0 Å². The van der Waals surface area contributed by atoms with Crippen molar-refractivity contribution in [2.45, 2.75) is 33.1 Å². The molecule has 0 spiro atoms. The van der Waals surface area contributed by atoms with E-state index in [1.165, 1.54) is 0 Å². The number of nitrogens with zero attached hydrogens (tertiary/aromatic N) is 3. The summed E-state index contributed by atoms with van der Waals surface area (Å²) >= 11 is 0. The Kier molecular flexibility index (Phi) is 4.42. The molecule has 1 aromatic carbocycles. The molecule has 0 aliphatic heterocycles. The molecule has 0 radical (unpaired) electrons. The number of benzene rings is 1. The molecular formula is C21H25F2N3+2.